The van der Waals surface area contributed by atoms with Gasteiger partial charge in [0, 0.05) is 6.07 Å². The van der Waals surface area contributed by atoms with E-state index in [1.165, 1.54) is 0 Å². The quantitative estimate of drug-likeness (QED) is 0.830. The van der Waals surface area contributed by atoms with E-state index in [0.717, 1.165) is 17.7 Å². The first-order valence-corrected chi connectivity index (χ1v) is 6.44. The summed E-state index contributed by atoms with van der Waals surface area (Å²) in [6.07, 6.45) is 0. The van der Waals surface area contributed by atoms with Gasteiger partial charge in [0.1, 0.15) is 11.6 Å². The number of aryl methyl sites for hydroxylation is 1. The third-order valence-corrected chi connectivity index (χ3v) is 3.26. The molecule has 0 atom stereocenters. The van der Waals surface area contributed by atoms with Gasteiger partial charge in [-0.1, -0.05) is 6.07 Å². The summed E-state index contributed by atoms with van der Waals surface area (Å²) >= 11 is 3.33. The molecule has 20 heavy (non-hydrogen) atoms. The molecule has 0 bridgehead atoms. The number of nitrogen functional groups attached to an aromatic ring is 1. The average Bonchev–Trinajstić information content (AvgIpc) is 2.36. The van der Waals surface area contributed by atoms with E-state index in [4.69, 9.17) is 15.6 Å². The van der Waals surface area contributed by atoms with Gasteiger partial charge in [0.2, 0.25) is 0 Å². The Balaban J connectivity index is 2.39. The molecule has 0 fully saturated rings. The first-order chi connectivity index (χ1) is 9.38. The lowest BCUT2D eigenvalue weighted by atomic mass is 10.1. The predicted octanol–water partition coefficient (Wildman–Crippen LogP) is 3.97. The standard InChI is InChI=1S/C14H11BrFNO3/c1-7-2-3-12(9(15)4-7)20-13-6-10(16)8(14(18)19)5-11(13)17/h2-6H,17H2,1H3,(H,18,19). The molecule has 0 spiro atoms. The van der Waals surface area contributed by atoms with Crippen LogP contribution in [-0.4, -0.2) is 11.1 Å². The molecule has 2 aromatic carbocycles. The minimum atomic E-state index is -1.38. The summed E-state index contributed by atoms with van der Waals surface area (Å²) in [7, 11) is 0. The molecule has 0 aliphatic carbocycles. The second kappa shape index (κ2) is 5.50. The monoisotopic (exact) mass is 339 g/mol. The van der Waals surface area contributed by atoms with Crippen molar-refractivity contribution in [2.45, 2.75) is 6.92 Å². The van der Waals surface area contributed by atoms with Gasteiger partial charge in [-0.05, 0) is 46.6 Å². The summed E-state index contributed by atoms with van der Waals surface area (Å²) in [6.45, 7) is 1.92. The minimum absolute atomic E-state index is 0.0521. The molecule has 0 saturated heterocycles. The van der Waals surface area contributed by atoms with Crippen LogP contribution in [0.4, 0.5) is 10.1 Å². The van der Waals surface area contributed by atoms with E-state index >= 15 is 0 Å². The molecule has 6 heteroatoms. The van der Waals surface area contributed by atoms with Crippen molar-refractivity contribution in [2.24, 2.45) is 0 Å². The molecular formula is C14H11BrFNO3. The number of rotatable bonds is 3. The van der Waals surface area contributed by atoms with Crippen LogP contribution < -0.4 is 10.5 Å². The normalized spacial score (nSPS) is 10.3. The number of aromatic carboxylic acids is 1. The molecule has 0 amide bonds. The molecule has 2 aromatic rings. The third-order valence-electron chi connectivity index (χ3n) is 2.64. The number of halogens is 2. The van der Waals surface area contributed by atoms with Gasteiger partial charge in [0.05, 0.1) is 15.7 Å². The lowest BCUT2D eigenvalue weighted by molar-refractivity contribution is 0.0692. The van der Waals surface area contributed by atoms with E-state index in [1.807, 2.05) is 19.1 Å². The first kappa shape index (κ1) is 14.3. The Morgan fingerprint density at radius 3 is 2.60 bits per heavy atom. The topological polar surface area (TPSA) is 72.5 Å². The highest BCUT2D eigenvalue weighted by Crippen LogP contribution is 2.34. The number of carbonyl (C=O) groups is 1. The number of carboxylic acids is 1. The van der Waals surface area contributed by atoms with Crippen molar-refractivity contribution in [3.05, 3.63) is 51.7 Å². The number of nitrogens with two attached hydrogens (primary N) is 1. The van der Waals surface area contributed by atoms with Crippen LogP contribution in [0.25, 0.3) is 0 Å². The Hall–Kier alpha value is -2.08. The number of benzene rings is 2. The van der Waals surface area contributed by atoms with Crippen molar-refractivity contribution in [1.82, 2.24) is 0 Å². The van der Waals surface area contributed by atoms with Gasteiger partial charge in [-0.3, -0.25) is 0 Å². The highest BCUT2D eigenvalue weighted by atomic mass is 79.9. The largest absolute Gasteiger partial charge is 0.478 e. The van der Waals surface area contributed by atoms with E-state index in [0.29, 0.717) is 10.2 Å². The molecule has 3 N–H and O–H groups in total. The van der Waals surface area contributed by atoms with Crippen molar-refractivity contribution in [2.75, 3.05) is 5.73 Å². The fourth-order valence-electron chi connectivity index (χ4n) is 1.63. The van der Waals surface area contributed by atoms with Crippen molar-refractivity contribution in [3.63, 3.8) is 0 Å². The second-order valence-corrected chi connectivity index (χ2v) is 5.07. The summed E-state index contributed by atoms with van der Waals surface area (Å²) in [5.74, 6) is -1.75. The van der Waals surface area contributed by atoms with Gasteiger partial charge in [-0.25, -0.2) is 9.18 Å². The van der Waals surface area contributed by atoms with Gasteiger partial charge >= 0.3 is 5.97 Å². The summed E-state index contributed by atoms with van der Waals surface area (Å²) in [5.41, 5.74) is 6.28. The van der Waals surface area contributed by atoms with Crippen LogP contribution in [0.3, 0.4) is 0 Å². The van der Waals surface area contributed by atoms with Crippen LogP contribution >= 0.6 is 15.9 Å². The fourth-order valence-corrected chi connectivity index (χ4v) is 2.21. The molecule has 2 rings (SSSR count). The maximum atomic E-state index is 13.6. The smallest absolute Gasteiger partial charge is 0.338 e. The predicted molar refractivity (Wildman–Crippen MR) is 76.7 cm³/mol. The summed E-state index contributed by atoms with van der Waals surface area (Å²) in [4.78, 5) is 10.8. The minimum Gasteiger partial charge on any atom is -0.478 e. The Morgan fingerprint density at radius 1 is 1.30 bits per heavy atom. The lowest BCUT2D eigenvalue weighted by Crippen LogP contribution is -2.03. The summed E-state index contributed by atoms with van der Waals surface area (Å²) in [6, 6.07) is 7.38. The van der Waals surface area contributed by atoms with Crippen molar-refractivity contribution in [1.29, 1.82) is 0 Å². The molecule has 0 aromatic heterocycles. The SMILES string of the molecule is Cc1ccc(Oc2cc(F)c(C(=O)O)cc2N)c(Br)c1. The second-order valence-electron chi connectivity index (χ2n) is 4.21. The Kier molecular flexibility index (Phi) is 3.94. The van der Waals surface area contributed by atoms with Gasteiger partial charge in [-0.2, -0.15) is 0 Å². The zero-order valence-electron chi connectivity index (χ0n) is 10.5. The van der Waals surface area contributed by atoms with Crippen molar-refractivity contribution in [3.8, 4) is 11.5 Å². The van der Waals surface area contributed by atoms with Crippen LogP contribution in [0.2, 0.25) is 0 Å². The van der Waals surface area contributed by atoms with E-state index in [2.05, 4.69) is 15.9 Å². The number of anilines is 1. The Labute approximate surface area is 123 Å². The molecule has 0 saturated carbocycles. The first-order valence-electron chi connectivity index (χ1n) is 5.65. The van der Waals surface area contributed by atoms with Gasteiger partial charge < -0.3 is 15.6 Å². The molecule has 0 aliphatic rings. The molecule has 0 unspecified atom stereocenters. The maximum absolute atomic E-state index is 13.6. The van der Waals surface area contributed by atoms with Crippen molar-refractivity contribution < 1.29 is 19.0 Å². The Bertz CT molecular complexity index is 688. The lowest BCUT2D eigenvalue weighted by Gasteiger charge is -2.11. The van der Waals surface area contributed by atoms with Crippen molar-refractivity contribution >= 4 is 27.6 Å². The molecule has 0 aliphatic heterocycles. The van der Waals surface area contributed by atoms with Gasteiger partial charge in [-0.15, -0.1) is 0 Å². The molecule has 0 radical (unpaired) electrons. The van der Waals surface area contributed by atoms with E-state index in [9.17, 15) is 9.18 Å². The molecule has 4 nitrogen and oxygen atoms in total. The van der Waals surface area contributed by atoms with E-state index in [1.54, 1.807) is 6.07 Å². The van der Waals surface area contributed by atoms with Crippen LogP contribution in [0, 0.1) is 12.7 Å². The molecule has 104 valence electrons. The fraction of sp³-hybridized carbons (Fsp3) is 0.0714. The zero-order valence-corrected chi connectivity index (χ0v) is 12.1. The average molecular weight is 340 g/mol. The van der Waals surface area contributed by atoms with Crippen LogP contribution in [0.5, 0.6) is 11.5 Å². The van der Waals surface area contributed by atoms with Crippen LogP contribution in [0.15, 0.2) is 34.8 Å². The molecular weight excluding hydrogens is 329 g/mol. The van der Waals surface area contributed by atoms with Gasteiger partial charge in [0.25, 0.3) is 0 Å². The third kappa shape index (κ3) is 2.91. The van der Waals surface area contributed by atoms with E-state index < -0.39 is 17.3 Å². The maximum Gasteiger partial charge on any atom is 0.338 e. The summed E-state index contributed by atoms with van der Waals surface area (Å²) in [5, 5.41) is 8.80. The van der Waals surface area contributed by atoms with E-state index in [-0.39, 0.29) is 11.4 Å². The molecule has 0 heterocycles. The van der Waals surface area contributed by atoms with Gasteiger partial charge in [0.15, 0.2) is 5.75 Å². The van der Waals surface area contributed by atoms with Crippen LogP contribution in [0.1, 0.15) is 15.9 Å². The number of hydrogen-bond acceptors (Lipinski definition) is 3. The number of carboxylic acid groups (broad SMARTS) is 1. The number of hydrogen-bond donors (Lipinski definition) is 2. The Morgan fingerprint density at radius 2 is 2.00 bits per heavy atom. The highest BCUT2D eigenvalue weighted by molar-refractivity contribution is 9.10. The summed E-state index contributed by atoms with van der Waals surface area (Å²) < 4.78 is 19.8. The highest BCUT2D eigenvalue weighted by Gasteiger charge is 2.15. The number of ether oxygens (including phenoxy) is 1. The zero-order chi connectivity index (χ0) is 14.9. The van der Waals surface area contributed by atoms with Crippen LogP contribution in [-0.2, 0) is 0 Å².